The summed E-state index contributed by atoms with van der Waals surface area (Å²) in [5.74, 6) is 0.258. The molecule has 0 aliphatic carbocycles. The maximum atomic E-state index is 13.1. The first-order valence-electron chi connectivity index (χ1n) is 11.6. The van der Waals surface area contributed by atoms with Gasteiger partial charge in [0.25, 0.3) is 10.0 Å². The van der Waals surface area contributed by atoms with Gasteiger partial charge in [-0.25, -0.2) is 12.8 Å². The summed E-state index contributed by atoms with van der Waals surface area (Å²) in [5.41, 5.74) is 0.522. The number of rotatable bonds is 11. The van der Waals surface area contributed by atoms with Crippen molar-refractivity contribution in [2.75, 3.05) is 31.0 Å². The van der Waals surface area contributed by atoms with Crippen molar-refractivity contribution in [3.05, 3.63) is 54.3 Å². The molecule has 5 nitrogen and oxygen atoms in total. The van der Waals surface area contributed by atoms with Crippen LogP contribution in [-0.2, 0) is 10.0 Å². The van der Waals surface area contributed by atoms with E-state index in [0.717, 1.165) is 36.8 Å². The van der Waals surface area contributed by atoms with Crippen molar-refractivity contribution in [2.45, 2.75) is 62.8 Å². The van der Waals surface area contributed by atoms with E-state index in [1.807, 2.05) is 0 Å². The zero-order valence-electron chi connectivity index (χ0n) is 19.2. The Bertz CT molecular complexity index is 933. The Balaban J connectivity index is 1.38. The Morgan fingerprint density at radius 1 is 1.00 bits per heavy atom. The van der Waals surface area contributed by atoms with Crippen molar-refractivity contribution in [3.63, 3.8) is 0 Å². The van der Waals surface area contributed by atoms with Gasteiger partial charge >= 0.3 is 0 Å². The largest absolute Gasteiger partial charge is 0.494 e. The summed E-state index contributed by atoms with van der Waals surface area (Å²) in [4.78, 5) is 2.67. The quantitative estimate of drug-likeness (QED) is 0.416. The van der Waals surface area contributed by atoms with Gasteiger partial charge in [0.05, 0.1) is 17.2 Å². The maximum absolute atomic E-state index is 13.1. The van der Waals surface area contributed by atoms with Crippen LogP contribution in [-0.4, -0.2) is 46.1 Å². The van der Waals surface area contributed by atoms with E-state index in [-0.39, 0.29) is 4.90 Å². The number of nitrogens with zero attached hydrogens (tertiary/aromatic N) is 2. The predicted molar refractivity (Wildman–Crippen MR) is 127 cm³/mol. The number of hydrogen-bond donors (Lipinski definition) is 0. The minimum absolute atomic E-state index is 0.0523. The first kappa shape index (κ1) is 24.5. The molecule has 2 aromatic rings. The fourth-order valence-corrected chi connectivity index (χ4v) is 5.30. The van der Waals surface area contributed by atoms with Crippen LogP contribution in [0.4, 0.5) is 10.1 Å². The Morgan fingerprint density at radius 3 is 2.38 bits per heavy atom. The SMILES string of the molecule is CC1CCCCN1CCCCCCOc1ccc(N(C)S(=O)(=O)c2ccc(F)cc2)cc1. The standard InChI is InChI=1S/C25H35FN2O3S/c1-21-9-5-7-19-28(21)18-6-3-4-8-20-31-24-14-12-23(13-15-24)27(2)32(29,30)25-16-10-22(26)11-17-25/h10-17,21H,3-9,18-20H2,1-2H3. The first-order valence-corrected chi connectivity index (χ1v) is 13.0. The van der Waals surface area contributed by atoms with E-state index in [4.69, 9.17) is 4.74 Å². The summed E-state index contributed by atoms with van der Waals surface area (Å²) in [6, 6.07) is 12.6. The Labute approximate surface area is 192 Å². The summed E-state index contributed by atoms with van der Waals surface area (Å²) < 4.78 is 45.5. The van der Waals surface area contributed by atoms with E-state index in [1.54, 1.807) is 24.3 Å². The van der Waals surface area contributed by atoms with Crippen LogP contribution in [0.5, 0.6) is 5.75 Å². The van der Waals surface area contributed by atoms with Crippen molar-refractivity contribution < 1.29 is 17.5 Å². The lowest BCUT2D eigenvalue weighted by Crippen LogP contribution is -2.37. The highest BCUT2D eigenvalue weighted by Gasteiger charge is 2.21. The molecule has 32 heavy (non-hydrogen) atoms. The number of benzene rings is 2. The van der Waals surface area contributed by atoms with E-state index in [2.05, 4.69) is 11.8 Å². The Hall–Kier alpha value is -2.12. The van der Waals surface area contributed by atoms with Gasteiger partial charge in [0, 0.05) is 13.1 Å². The minimum atomic E-state index is -3.74. The highest BCUT2D eigenvalue weighted by atomic mass is 32.2. The van der Waals surface area contributed by atoms with Crippen molar-refractivity contribution in [2.24, 2.45) is 0 Å². The number of hydrogen-bond acceptors (Lipinski definition) is 4. The summed E-state index contributed by atoms with van der Waals surface area (Å²) >= 11 is 0. The van der Waals surface area contributed by atoms with Crippen LogP contribution in [0, 0.1) is 5.82 Å². The first-order chi connectivity index (χ1) is 15.4. The number of piperidine rings is 1. The monoisotopic (exact) mass is 462 g/mol. The molecule has 0 saturated carbocycles. The molecule has 0 spiro atoms. The number of halogens is 1. The molecule has 0 amide bonds. The molecule has 0 radical (unpaired) electrons. The molecule has 0 aromatic heterocycles. The highest BCUT2D eigenvalue weighted by Crippen LogP contribution is 2.25. The van der Waals surface area contributed by atoms with E-state index in [9.17, 15) is 12.8 Å². The number of sulfonamides is 1. The molecular formula is C25H35FN2O3S. The summed E-state index contributed by atoms with van der Waals surface area (Å²) in [6.45, 7) is 5.45. The molecule has 1 aliphatic rings. The van der Waals surface area contributed by atoms with Gasteiger partial charge in [0.2, 0.25) is 0 Å². The average Bonchev–Trinajstić information content (AvgIpc) is 2.80. The number of unbranched alkanes of at least 4 members (excludes halogenated alkanes) is 3. The third kappa shape index (κ3) is 6.69. The van der Waals surface area contributed by atoms with E-state index >= 15 is 0 Å². The molecule has 3 rings (SSSR count). The Morgan fingerprint density at radius 2 is 1.69 bits per heavy atom. The van der Waals surface area contributed by atoms with Gasteiger partial charge in [0.1, 0.15) is 11.6 Å². The molecule has 1 heterocycles. The van der Waals surface area contributed by atoms with Crippen LogP contribution in [0.25, 0.3) is 0 Å². The second-order valence-electron chi connectivity index (χ2n) is 8.56. The van der Waals surface area contributed by atoms with Gasteiger partial charge < -0.3 is 9.64 Å². The average molecular weight is 463 g/mol. The van der Waals surface area contributed by atoms with Gasteiger partial charge in [-0.3, -0.25) is 4.31 Å². The van der Waals surface area contributed by atoms with Crippen LogP contribution in [0.2, 0.25) is 0 Å². The number of likely N-dealkylation sites (tertiary alicyclic amines) is 1. The van der Waals surface area contributed by atoms with Crippen LogP contribution in [0.15, 0.2) is 53.4 Å². The number of anilines is 1. The summed E-state index contributed by atoms with van der Waals surface area (Å²) in [5, 5.41) is 0. The lowest BCUT2D eigenvalue weighted by atomic mass is 10.0. The smallest absolute Gasteiger partial charge is 0.264 e. The second-order valence-corrected chi connectivity index (χ2v) is 10.5. The van der Waals surface area contributed by atoms with Crippen LogP contribution >= 0.6 is 0 Å². The normalized spacial score (nSPS) is 17.3. The fraction of sp³-hybridized carbons (Fsp3) is 0.520. The second kappa shape index (κ2) is 11.7. The van der Waals surface area contributed by atoms with Crippen LogP contribution < -0.4 is 9.04 Å². The topological polar surface area (TPSA) is 49.9 Å². The lowest BCUT2D eigenvalue weighted by molar-refractivity contribution is 0.157. The van der Waals surface area contributed by atoms with Gasteiger partial charge in [-0.05, 0) is 94.2 Å². The van der Waals surface area contributed by atoms with Crippen LogP contribution in [0.3, 0.4) is 0 Å². The molecule has 1 aliphatic heterocycles. The third-order valence-electron chi connectivity index (χ3n) is 6.22. The van der Waals surface area contributed by atoms with E-state index in [0.29, 0.717) is 12.3 Å². The fourth-order valence-electron chi connectivity index (χ4n) is 4.11. The van der Waals surface area contributed by atoms with E-state index < -0.39 is 15.8 Å². The molecule has 176 valence electrons. The van der Waals surface area contributed by atoms with Crippen molar-refractivity contribution in [3.8, 4) is 5.75 Å². The predicted octanol–water partition coefficient (Wildman–Crippen LogP) is 5.46. The van der Waals surface area contributed by atoms with Crippen LogP contribution in [0.1, 0.15) is 51.9 Å². The highest BCUT2D eigenvalue weighted by molar-refractivity contribution is 7.92. The van der Waals surface area contributed by atoms with Gasteiger partial charge in [-0.1, -0.05) is 19.3 Å². The number of ether oxygens (including phenoxy) is 1. The molecule has 1 unspecified atom stereocenters. The minimum Gasteiger partial charge on any atom is -0.494 e. The lowest BCUT2D eigenvalue weighted by Gasteiger charge is -2.33. The Kier molecular flexibility index (Phi) is 8.93. The maximum Gasteiger partial charge on any atom is 0.264 e. The zero-order chi connectivity index (χ0) is 23.0. The van der Waals surface area contributed by atoms with Crippen molar-refractivity contribution in [1.82, 2.24) is 4.90 Å². The molecule has 2 aromatic carbocycles. The molecular weight excluding hydrogens is 427 g/mol. The molecule has 0 bridgehead atoms. The molecule has 7 heteroatoms. The summed E-state index contributed by atoms with van der Waals surface area (Å²) in [7, 11) is -2.26. The molecule has 1 fully saturated rings. The molecule has 1 atom stereocenters. The molecule has 1 saturated heterocycles. The van der Waals surface area contributed by atoms with Gasteiger partial charge in [0.15, 0.2) is 0 Å². The van der Waals surface area contributed by atoms with E-state index in [1.165, 1.54) is 68.7 Å². The van der Waals surface area contributed by atoms with Crippen molar-refractivity contribution in [1.29, 1.82) is 0 Å². The summed E-state index contributed by atoms with van der Waals surface area (Å²) in [6.07, 6.45) is 8.67. The molecule has 0 N–H and O–H groups in total. The van der Waals surface area contributed by atoms with Gasteiger partial charge in [-0.15, -0.1) is 0 Å². The van der Waals surface area contributed by atoms with Crippen molar-refractivity contribution >= 4 is 15.7 Å². The van der Waals surface area contributed by atoms with Gasteiger partial charge in [-0.2, -0.15) is 0 Å². The third-order valence-corrected chi connectivity index (χ3v) is 8.02. The zero-order valence-corrected chi connectivity index (χ0v) is 20.0.